The summed E-state index contributed by atoms with van der Waals surface area (Å²) in [6.45, 7) is 4.14. The Morgan fingerprint density at radius 3 is 3.00 bits per heavy atom. The molecule has 0 unspecified atom stereocenters. The molecule has 1 aromatic heterocycles. The van der Waals surface area contributed by atoms with E-state index in [-0.39, 0.29) is 5.91 Å². The minimum Gasteiger partial charge on any atom is -0.381 e. The van der Waals surface area contributed by atoms with Crippen LogP contribution in [0, 0.1) is 0 Å². The van der Waals surface area contributed by atoms with E-state index >= 15 is 0 Å². The molecule has 0 fully saturated rings. The van der Waals surface area contributed by atoms with Gasteiger partial charge in [-0.25, -0.2) is 4.98 Å². The molecule has 0 aliphatic rings. The smallest absolute Gasteiger partial charge is 0.269 e. The molecule has 17 heavy (non-hydrogen) atoms. The molecule has 1 heterocycles. The van der Waals surface area contributed by atoms with Crippen LogP contribution in [0.2, 0.25) is 0 Å². The summed E-state index contributed by atoms with van der Waals surface area (Å²) in [5, 5.41) is 2.80. The summed E-state index contributed by atoms with van der Waals surface area (Å²) in [6.07, 6.45) is 1.84. The third-order valence-corrected chi connectivity index (χ3v) is 2.49. The number of hydrogen-bond acceptors (Lipinski definition) is 3. The number of ether oxygens (including phenoxy) is 1. The lowest BCUT2D eigenvalue weighted by atomic mass is 10.3. The maximum atomic E-state index is 11.7. The van der Waals surface area contributed by atoms with Gasteiger partial charge in [0, 0.05) is 19.8 Å². The molecule has 1 amide bonds. The molecule has 0 spiro atoms. The first-order valence-corrected chi connectivity index (χ1v) is 6.52. The second kappa shape index (κ2) is 8.20. The Bertz CT molecular complexity index is 358. The Kier molecular flexibility index (Phi) is 6.81. The van der Waals surface area contributed by atoms with Gasteiger partial charge in [0.2, 0.25) is 0 Å². The molecule has 0 aliphatic carbocycles. The van der Waals surface area contributed by atoms with Gasteiger partial charge in [-0.1, -0.05) is 13.0 Å². The SMILES string of the molecule is CCCOCCCNC(=O)c1cccc(Br)n1. The fraction of sp³-hybridized carbons (Fsp3) is 0.500. The minimum atomic E-state index is -0.151. The molecular formula is C12H17BrN2O2. The van der Waals surface area contributed by atoms with Crippen molar-refractivity contribution in [2.75, 3.05) is 19.8 Å². The highest BCUT2D eigenvalue weighted by atomic mass is 79.9. The van der Waals surface area contributed by atoms with E-state index in [9.17, 15) is 4.79 Å². The van der Waals surface area contributed by atoms with Gasteiger partial charge in [-0.2, -0.15) is 0 Å². The first kappa shape index (κ1) is 14.1. The van der Waals surface area contributed by atoms with Gasteiger partial charge in [0.1, 0.15) is 10.3 Å². The molecule has 0 saturated carbocycles. The summed E-state index contributed by atoms with van der Waals surface area (Å²) in [5.41, 5.74) is 0.425. The molecular weight excluding hydrogens is 284 g/mol. The molecule has 1 N–H and O–H groups in total. The molecule has 94 valence electrons. The number of nitrogens with zero attached hydrogens (tertiary/aromatic N) is 1. The lowest BCUT2D eigenvalue weighted by Gasteiger charge is -2.05. The van der Waals surface area contributed by atoms with E-state index in [0.29, 0.717) is 23.4 Å². The molecule has 0 atom stereocenters. The standard InChI is InChI=1S/C12H17BrN2O2/c1-2-8-17-9-4-7-14-12(16)10-5-3-6-11(13)15-10/h3,5-6H,2,4,7-9H2,1H3,(H,14,16). The number of carbonyl (C=O) groups is 1. The number of hydrogen-bond donors (Lipinski definition) is 1. The summed E-state index contributed by atoms with van der Waals surface area (Å²) in [4.78, 5) is 15.7. The van der Waals surface area contributed by atoms with Crippen LogP contribution in [0.1, 0.15) is 30.3 Å². The lowest BCUT2D eigenvalue weighted by molar-refractivity contribution is 0.0936. The monoisotopic (exact) mass is 300 g/mol. The largest absolute Gasteiger partial charge is 0.381 e. The van der Waals surface area contributed by atoms with Crippen LogP contribution in [0.4, 0.5) is 0 Å². The molecule has 0 aliphatic heterocycles. The van der Waals surface area contributed by atoms with Crippen LogP contribution < -0.4 is 5.32 Å². The highest BCUT2D eigenvalue weighted by Crippen LogP contribution is 2.05. The van der Waals surface area contributed by atoms with Crippen molar-refractivity contribution in [1.29, 1.82) is 0 Å². The van der Waals surface area contributed by atoms with Crippen molar-refractivity contribution in [2.45, 2.75) is 19.8 Å². The number of pyridine rings is 1. The maximum Gasteiger partial charge on any atom is 0.269 e. The zero-order valence-electron chi connectivity index (χ0n) is 9.91. The van der Waals surface area contributed by atoms with Gasteiger partial charge in [-0.05, 0) is 40.9 Å². The zero-order valence-corrected chi connectivity index (χ0v) is 11.5. The van der Waals surface area contributed by atoms with Crippen LogP contribution in [0.5, 0.6) is 0 Å². The summed E-state index contributed by atoms with van der Waals surface area (Å²) in [6, 6.07) is 5.26. The molecule has 1 rings (SSSR count). The van der Waals surface area contributed by atoms with Crippen LogP contribution in [-0.2, 0) is 4.74 Å². The third-order valence-electron chi connectivity index (χ3n) is 2.05. The predicted octanol–water partition coefficient (Wildman–Crippen LogP) is 2.39. The Hall–Kier alpha value is -0.940. The van der Waals surface area contributed by atoms with Crippen molar-refractivity contribution >= 4 is 21.8 Å². The highest BCUT2D eigenvalue weighted by Gasteiger charge is 2.05. The van der Waals surface area contributed by atoms with Crippen LogP contribution in [0.15, 0.2) is 22.8 Å². The molecule has 1 aromatic rings. The van der Waals surface area contributed by atoms with E-state index in [2.05, 4.69) is 33.2 Å². The molecule has 0 saturated heterocycles. The number of nitrogens with one attached hydrogen (secondary N) is 1. The molecule has 0 bridgehead atoms. The maximum absolute atomic E-state index is 11.7. The highest BCUT2D eigenvalue weighted by molar-refractivity contribution is 9.10. The average molecular weight is 301 g/mol. The molecule has 0 radical (unpaired) electrons. The molecule has 0 aromatic carbocycles. The van der Waals surface area contributed by atoms with E-state index in [1.54, 1.807) is 18.2 Å². The Balaban J connectivity index is 2.21. The third kappa shape index (κ3) is 5.79. The van der Waals surface area contributed by atoms with Crippen LogP contribution in [0.25, 0.3) is 0 Å². The van der Waals surface area contributed by atoms with Crippen molar-refractivity contribution in [1.82, 2.24) is 10.3 Å². The van der Waals surface area contributed by atoms with Gasteiger partial charge in [0.15, 0.2) is 0 Å². The van der Waals surface area contributed by atoms with Crippen LogP contribution in [0.3, 0.4) is 0 Å². The molecule has 4 nitrogen and oxygen atoms in total. The fourth-order valence-corrected chi connectivity index (χ4v) is 1.59. The van der Waals surface area contributed by atoms with E-state index in [0.717, 1.165) is 19.4 Å². The van der Waals surface area contributed by atoms with Gasteiger partial charge in [-0.15, -0.1) is 0 Å². The molecule has 5 heteroatoms. The quantitative estimate of drug-likeness (QED) is 0.621. The van der Waals surface area contributed by atoms with Gasteiger partial charge < -0.3 is 10.1 Å². The minimum absolute atomic E-state index is 0.151. The van der Waals surface area contributed by atoms with Gasteiger partial charge in [0.25, 0.3) is 5.91 Å². The lowest BCUT2D eigenvalue weighted by Crippen LogP contribution is -2.26. The zero-order chi connectivity index (χ0) is 12.5. The van der Waals surface area contributed by atoms with E-state index < -0.39 is 0 Å². The van der Waals surface area contributed by atoms with Crippen molar-refractivity contribution in [2.24, 2.45) is 0 Å². The second-order valence-electron chi connectivity index (χ2n) is 3.57. The predicted molar refractivity (Wildman–Crippen MR) is 70.0 cm³/mol. The number of rotatable bonds is 7. The van der Waals surface area contributed by atoms with Crippen LogP contribution in [-0.4, -0.2) is 30.6 Å². The number of carbonyl (C=O) groups excluding carboxylic acids is 1. The summed E-state index contributed by atoms with van der Waals surface area (Å²) < 4.78 is 5.98. The normalized spacial score (nSPS) is 10.2. The summed E-state index contributed by atoms with van der Waals surface area (Å²) >= 11 is 3.23. The van der Waals surface area contributed by atoms with Crippen molar-refractivity contribution in [3.63, 3.8) is 0 Å². The summed E-state index contributed by atoms with van der Waals surface area (Å²) in [5.74, 6) is -0.151. The van der Waals surface area contributed by atoms with Gasteiger partial charge in [-0.3, -0.25) is 4.79 Å². The number of aromatic nitrogens is 1. The Labute approximate surface area is 110 Å². The van der Waals surface area contributed by atoms with Gasteiger partial charge >= 0.3 is 0 Å². The summed E-state index contributed by atoms with van der Waals surface area (Å²) in [7, 11) is 0. The van der Waals surface area contributed by atoms with Gasteiger partial charge in [0.05, 0.1) is 0 Å². The van der Waals surface area contributed by atoms with E-state index in [4.69, 9.17) is 4.74 Å². The Morgan fingerprint density at radius 2 is 2.29 bits per heavy atom. The second-order valence-corrected chi connectivity index (χ2v) is 4.38. The van der Waals surface area contributed by atoms with Crippen molar-refractivity contribution in [3.05, 3.63) is 28.5 Å². The van der Waals surface area contributed by atoms with Crippen LogP contribution >= 0.6 is 15.9 Å². The van der Waals surface area contributed by atoms with E-state index in [1.807, 2.05) is 0 Å². The number of halogens is 1. The number of amides is 1. The first-order chi connectivity index (χ1) is 8.24. The average Bonchev–Trinajstić information content (AvgIpc) is 2.33. The topological polar surface area (TPSA) is 51.2 Å². The Morgan fingerprint density at radius 1 is 1.47 bits per heavy atom. The van der Waals surface area contributed by atoms with Crippen molar-refractivity contribution < 1.29 is 9.53 Å². The first-order valence-electron chi connectivity index (χ1n) is 5.72. The van der Waals surface area contributed by atoms with E-state index in [1.165, 1.54) is 0 Å². The van der Waals surface area contributed by atoms with Crippen molar-refractivity contribution in [3.8, 4) is 0 Å². The fourth-order valence-electron chi connectivity index (χ4n) is 1.25.